The van der Waals surface area contributed by atoms with Crippen molar-refractivity contribution in [3.05, 3.63) is 34.9 Å². The predicted octanol–water partition coefficient (Wildman–Crippen LogP) is 2.40. The fourth-order valence-corrected chi connectivity index (χ4v) is 2.69. The summed E-state index contributed by atoms with van der Waals surface area (Å²) in [6, 6.07) is 6.75. The summed E-state index contributed by atoms with van der Waals surface area (Å²) in [5.41, 5.74) is 4.27. The topological polar surface area (TPSA) is 18.5 Å². The summed E-state index contributed by atoms with van der Waals surface area (Å²) in [5, 5.41) is 0. The van der Waals surface area contributed by atoms with Crippen molar-refractivity contribution in [1.29, 1.82) is 0 Å². The van der Waals surface area contributed by atoms with Gasteiger partial charge in [-0.05, 0) is 30.9 Å². The van der Waals surface area contributed by atoms with Gasteiger partial charge in [0.1, 0.15) is 6.79 Å². The molecule has 2 heteroatoms. The molecule has 1 aliphatic carbocycles. The van der Waals surface area contributed by atoms with E-state index in [9.17, 15) is 0 Å². The summed E-state index contributed by atoms with van der Waals surface area (Å²) in [4.78, 5) is 0. The van der Waals surface area contributed by atoms with Gasteiger partial charge in [0.25, 0.3) is 0 Å². The Morgan fingerprint density at radius 1 is 1.33 bits per heavy atom. The highest BCUT2D eigenvalue weighted by Crippen LogP contribution is 2.36. The van der Waals surface area contributed by atoms with E-state index < -0.39 is 0 Å². The van der Waals surface area contributed by atoms with Gasteiger partial charge in [0.2, 0.25) is 0 Å². The molecule has 2 nitrogen and oxygen atoms in total. The Labute approximate surface area is 90.2 Å². The molecule has 1 aliphatic heterocycles. The molecule has 1 fully saturated rings. The molecule has 0 amide bonds. The van der Waals surface area contributed by atoms with Gasteiger partial charge in [-0.2, -0.15) is 0 Å². The fourth-order valence-electron chi connectivity index (χ4n) is 2.69. The lowest BCUT2D eigenvalue weighted by molar-refractivity contribution is -0.155. The normalized spacial score (nSPS) is 29.4. The van der Waals surface area contributed by atoms with E-state index in [0.717, 1.165) is 19.4 Å². The van der Waals surface area contributed by atoms with Crippen LogP contribution in [0.2, 0.25) is 0 Å². The molecule has 15 heavy (non-hydrogen) atoms. The number of fused-ring (bicyclic) bond motifs is 3. The van der Waals surface area contributed by atoms with Crippen LogP contribution < -0.4 is 0 Å². The van der Waals surface area contributed by atoms with E-state index in [2.05, 4.69) is 25.1 Å². The van der Waals surface area contributed by atoms with Crippen LogP contribution in [-0.4, -0.2) is 19.5 Å². The minimum absolute atomic E-state index is 0.382. The van der Waals surface area contributed by atoms with Gasteiger partial charge >= 0.3 is 0 Å². The van der Waals surface area contributed by atoms with Crippen molar-refractivity contribution in [2.75, 3.05) is 13.4 Å². The van der Waals surface area contributed by atoms with Crippen molar-refractivity contribution in [3.8, 4) is 0 Å². The Morgan fingerprint density at radius 2 is 2.27 bits per heavy atom. The first-order valence-corrected chi connectivity index (χ1v) is 5.63. The van der Waals surface area contributed by atoms with Gasteiger partial charge in [0.05, 0.1) is 12.7 Å². The molecule has 80 valence electrons. The van der Waals surface area contributed by atoms with Gasteiger partial charge in [0, 0.05) is 5.92 Å². The largest absolute Gasteiger partial charge is 0.355 e. The number of benzene rings is 1. The maximum absolute atomic E-state index is 5.66. The van der Waals surface area contributed by atoms with E-state index in [1.165, 1.54) is 16.7 Å². The Balaban J connectivity index is 2.01. The summed E-state index contributed by atoms with van der Waals surface area (Å²) in [7, 11) is 0. The Hall–Kier alpha value is -0.860. The SMILES string of the molecule is Cc1ccc2c(c1)C1COCOC1CC2. The first-order chi connectivity index (χ1) is 7.34. The van der Waals surface area contributed by atoms with Gasteiger partial charge < -0.3 is 9.47 Å². The van der Waals surface area contributed by atoms with Crippen LogP contribution >= 0.6 is 0 Å². The molecule has 3 rings (SSSR count). The van der Waals surface area contributed by atoms with Crippen LogP contribution in [0.1, 0.15) is 29.0 Å². The lowest BCUT2D eigenvalue weighted by Crippen LogP contribution is -2.36. The van der Waals surface area contributed by atoms with Crippen molar-refractivity contribution in [1.82, 2.24) is 0 Å². The lowest BCUT2D eigenvalue weighted by Gasteiger charge is -2.36. The molecule has 1 heterocycles. The third kappa shape index (κ3) is 1.58. The molecule has 0 N–H and O–H groups in total. The molecule has 1 aromatic carbocycles. The highest BCUT2D eigenvalue weighted by atomic mass is 16.7. The molecule has 1 saturated heterocycles. The van der Waals surface area contributed by atoms with Gasteiger partial charge in [-0.15, -0.1) is 0 Å². The van der Waals surface area contributed by atoms with Crippen LogP contribution in [-0.2, 0) is 15.9 Å². The second-order valence-electron chi connectivity index (χ2n) is 4.54. The summed E-state index contributed by atoms with van der Waals surface area (Å²) < 4.78 is 11.1. The van der Waals surface area contributed by atoms with E-state index in [4.69, 9.17) is 9.47 Å². The number of ether oxygens (including phenoxy) is 2. The van der Waals surface area contributed by atoms with Crippen molar-refractivity contribution in [3.63, 3.8) is 0 Å². The zero-order valence-corrected chi connectivity index (χ0v) is 9.03. The molecule has 0 spiro atoms. The molecule has 2 atom stereocenters. The molecule has 0 bridgehead atoms. The van der Waals surface area contributed by atoms with Crippen molar-refractivity contribution < 1.29 is 9.47 Å². The van der Waals surface area contributed by atoms with Gasteiger partial charge in [-0.1, -0.05) is 23.8 Å². The predicted molar refractivity (Wildman–Crippen MR) is 57.9 cm³/mol. The molecule has 0 aromatic heterocycles. The second kappa shape index (κ2) is 3.62. The summed E-state index contributed by atoms with van der Waals surface area (Å²) >= 11 is 0. The van der Waals surface area contributed by atoms with E-state index in [1.807, 2.05) is 0 Å². The fraction of sp³-hybridized carbons (Fsp3) is 0.538. The smallest absolute Gasteiger partial charge is 0.147 e. The van der Waals surface area contributed by atoms with E-state index in [1.54, 1.807) is 0 Å². The highest BCUT2D eigenvalue weighted by molar-refractivity contribution is 5.37. The van der Waals surface area contributed by atoms with Gasteiger partial charge in [-0.25, -0.2) is 0 Å². The number of rotatable bonds is 0. The first-order valence-electron chi connectivity index (χ1n) is 5.63. The molecule has 0 radical (unpaired) electrons. The lowest BCUT2D eigenvalue weighted by atomic mass is 9.80. The Morgan fingerprint density at radius 3 is 3.20 bits per heavy atom. The van der Waals surface area contributed by atoms with Crippen molar-refractivity contribution in [2.45, 2.75) is 31.8 Å². The molecule has 2 unspecified atom stereocenters. The van der Waals surface area contributed by atoms with E-state index >= 15 is 0 Å². The standard InChI is InChI=1S/C13H16O2/c1-9-2-3-10-4-5-13-12(11(10)6-9)7-14-8-15-13/h2-3,6,12-13H,4-5,7-8H2,1H3. The molecule has 0 saturated carbocycles. The number of hydrogen-bond acceptors (Lipinski definition) is 2. The van der Waals surface area contributed by atoms with Crippen LogP contribution in [0.4, 0.5) is 0 Å². The molecule has 2 aliphatic rings. The van der Waals surface area contributed by atoms with Crippen LogP contribution in [0.15, 0.2) is 18.2 Å². The monoisotopic (exact) mass is 204 g/mol. The zero-order chi connectivity index (χ0) is 10.3. The first kappa shape index (κ1) is 9.37. The Kier molecular flexibility index (Phi) is 2.26. The van der Waals surface area contributed by atoms with E-state index in [0.29, 0.717) is 18.8 Å². The minimum atomic E-state index is 0.382. The third-order valence-electron chi connectivity index (χ3n) is 3.51. The maximum Gasteiger partial charge on any atom is 0.147 e. The van der Waals surface area contributed by atoms with Crippen LogP contribution in [0.5, 0.6) is 0 Å². The zero-order valence-electron chi connectivity index (χ0n) is 9.03. The van der Waals surface area contributed by atoms with Gasteiger partial charge in [-0.3, -0.25) is 0 Å². The number of hydrogen-bond donors (Lipinski definition) is 0. The van der Waals surface area contributed by atoms with Crippen molar-refractivity contribution in [2.24, 2.45) is 0 Å². The minimum Gasteiger partial charge on any atom is -0.355 e. The maximum atomic E-state index is 5.66. The summed E-state index contributed by atoms with van der Waals surface area (Å²) in [6.45, 7) is 3.44. The third-order valence-corrected chi connectivity index (χ3v) is 3.51. The quantitative estimate of drug-likeness (QED) is 0.646. The van der Waals surface area contributed by atoms with Crippen LogP contribution in [0.3, 0.4) is 0 Å². The van der Waals surface area contributed by atoms with E-state index in [-0.39, 0.29) is 0 Å². The summed E-state index contributed by atoms with van der Waals surface area (Å²) in [6.07, 6.45) is 2.67. The Bertz CT molecular complexity index is 373. The summed E-state index contributed by atoms with van der Waals surface area (Å²) in [5.74, 6) is 0.461. The van der Waals surface area contributed by atoms with Crippen molar-refractivity contribution >= 4 is 0 Å². The molecular formula is C13H16O2. The highest BCUT2D eigenvalue weighted by Gasteiger charge is 2.32. The van der Waals surface area contributed by atoms with Gasteiger partial charge in [0.15, 0.2) is 0 Å². The number of aryl methyl sites for hydroxylation is 2. The average molecular weight is 204 g/mol. The van der Waals surface area contributed by atoms with Crippen LogP contribution in [0.25, 0.3) is 0 Å². The molecular weight excluding hydrogens is 188 g/mol. The van der Waals surface area contributed by atoms with Crippen LogP contribution in [0, 0.1) is 6.92 Å². The average Bonchev–Trinajstić information content (AvgIpc) is 2.29. The molecule has 1 aromatic rings. The second-order valence-corrected chi connectivity index (χ2v) is 4.54.